The van der Waals surface area contributed by atoms with E-state index in [0.29, 0.717) is 31.6 Å². The molecule has 0 bridgehead atoms. The van der Waals surface area contributed by atoms with E-state index in [-0.39, 0.29) is 39.6 Å². The molecule has 5 fully saturated rings. The molecule has 0 radical (unpaired) electrons. The van der Waals surface area contributed by atoms with Gasteiger partial charge in [-0.1, -0.05) is 53.2 Å². The molecule has 0 spiro atoms. The lowest BCUT2D eigenvalue weighted by atomic mass is 9.32. The maximum atomic E-state index is 13.1. The number of aliphatic hydroxyl groups excluding tert-OH is 3. The lowest BCUT2D eigenvalue weighted by molar-refractivity contribution is -0.324. The topological polar surface area (TPSA) is 171 Å². The molecule has 1 aliphatic heterocycles. The smallest absolute Gasteiger partial charge is 0.335 e. The van der Waals surface area contributed by atoms with Crippen LogP contribution in [-0.4, -0.2) is 80.6 Å². The summed E-state index contributed by atoms with van der Waals surface area (Å²) in [5.41, 5.74) is -0.235. The number of hydrogen-bond donors (Lipinski definition) is 5. The predicted octanol–water partition coefficient (Wildman–Crippen LogP) is 5.11. The number of carbonyl (C=O) groups excluding carboxylic acids is 1. The number of aliphatic hydroxyl groups is 3. The summed E-state index contributed by atoms with van der Waals surface area (Å²) >= 11 is 0. The third kappa shape index (κ3) is 5.01. The molecular weight excluding hydrogens is 616 g/mol. The van der Waals surface area contributed by atoms with E-state index in [4.69, 9.17) is 9.47 Å². The third-order valence-electron chi connectivity index (χ3n) is 15.5. The number of aldehydes is 1. The molecule has 0 aromatic heterocycles. The van der Waals surface area contributed by atoms with Gasteiger partial charge in [0.15, 0.2) is 12.4 Å². The fraction of sp³-hybridized carbons (Fsp3) is 0.868. The average Bonchev–Trinajstić information content (AvgIpc) is 3.00. The van der Waals surface area contributed by atoms with E-state index in [1.165, 1.54) is 5.57 Å². The first-order chi connectivity index (χ1) is 22.3. The molecule has 1 heterocycles. The second kappa shape index (κ2) is 11.9. The van der Waals surface area contributed by atoms with Crippen molar-refractivity contribution in [3.05, 3.63) is 11.6 Å². The Morgan fingerprint density at radius 2 is 1.58 bits per heavy atom. The van der Waals surface area contributed by atoms with Crippen molar-refractivity contribution < 1.29 is 49.4 Å². The number of fused-ring (bicyclic) bond motifs is 7. The zero-order valence-electron chi connectivity index (χ0n) is 29.6. The highest BCUT2D eigenvalue weighted by atomic mass is 16.7. The molecule has 270 valence electrons. The van der Waals surface area contributed by atoms with E-state index in [1.807, 2.05) is 0 Å². The molecule has 1 saturated heterocycles. The number of rotatable bonds is 7. The van der Waals surface area contributed by atoms with Gasteiger partial charge < -0.3 is 39.8 Å². The van der Waals surface area contributed by atoms with Crippen molar-refractivity contribution in [3.8, 4) is 0 Å². The van der Waals surface area contributed by atoms with Crippen molar-refractivity contribution in [2.45, 2.75) is 155 Å². The van der Waals surface area contributed by atoms with Crippen molar-refractivity contribution in [1.82, 2.24) is 0 Å². The van der Waals surface area contributed by atoms with Crippen LogP contribution in [0.2, 0.25) is 0 Å². The van der Waals surface area contributed by atoms with Crippen LogP contribution in [0.25, 0.3) is 0 Å². The first-order valence-corrected chi connectivity index (χ1v) is 18.3. The summed E-state index contributed by atoms with van der Waals surface area (Å²) in [6, 6.07) is 0. The highest BCUT2D eigenvalue weighted by molar-refractivity contribution is 5.77. The largest absolute Gasteiger partial charge is 0.481 e. The number of carboxylic acid groups (broad SMARTS) is 2. The normalized spacial score (nSPS) is 49.3. The summed E-state index contributed by atoms with van der Waals surface area (Å²) in [4.78, 5) is 36.9. The number of allylic oxidation sites excluding steroid dienone is 2. The van der Waals surface area contributed by atoms with Gasteiger partial charge in [-0.15, -0.1) is 0 Å². The molecule has 13 unspecified atom stereocenters. The van der Waals surface area contributed by atoms with Gasteiger partial charge in [0.1, 0.15) is 24.6 Å². The second-order valence-electron chi connectivity index (χ2n) is 18.4. The van der Waals surface area contributed by atoms with Crippen LogP contribution in [0, 0.1) is 50.2 Å². The van der Waals surface area contributed by atoms with Crippen LogP contribution in [0.1, 0.15) is 119 Å². The van der Waals surface area contributed by atoms with Gasteiger partial charge in [-0.05, 0) is 115 Å². The van der Waals surface area contributed by atoms with E-state index < -0.39 is 53.5 Å². The van der Waals surface area contributed by atoms with Gasteiger partial charge in [-0.25, -0.2) is 4.79 Å². The molecule has 6 rings (SSSR count). The van der Waals surface area contributed by atoms with E-state index in [2.05, 4.69) is 47.6 Å². The van der Waals surface area contributed by atoms with Crippen LogP contribution >= 0.6 is 0 Å². The highest BCUT2D eigenvalue weighted by Gasteiger charge is 2.70. The molecule has 10 heteroatoms. The molecule has 5 aliphatic carbocycles. The Morgan fingerprint density at radius 3 is 2.23 bits per heavy atom. The summed E-state index contributed by atoms with van der Waals surface area (Å²) in [5, 5.41) is 51.7. The Hall–Kier alpha value is -1.85. The van der Waals surface area contributed by atoms with Crippen LogP contribution in [0.4, 0.5) is 0 Å². The standard InChI is InChI=1S/C38H58O10/c1-33(2)15-16-37(32(45)46)17-18-38(12-7-19-39)21(22(37)20-33)8-9-24-35(5)13-11-25(34(3,4)23(35)10-14-36(24,38)6)47-31-28(42)26(40)27(41)29(48-31)30(43)44/h8,19,22-29,31,40-42H,7,9-18,20H2,1-6H3,(H,43,44)(H,45,46). The van der Waals surface area contributed by atoms with Crippen LogP contribution in [0.3, 0.4) is 0 Å². The Labute approximate surface area is 284 Å². The summed E-state index contributed by atoms with van der Waals surface area (Å²) in [6.07, 6.45) is 4.18. The lowest BCUT2D eigenvalue weighted by Gasteiger charge is -2.72. The number of carbonyl (C=O) groups is 3. The number of hydrogen-bond acceptors (Lipinski definition) is 8. The third-order valence-corrected chi connectivity index (χ3v) is 15.5. The van der Waals surface area contributed by atoms with E-state index in [9.17, 15) is 39.9 Å². The monoisotopic (exact) mass is 674 g/mol. The van der Waals surface area contributed by atoms with Crippen LogP contribution in [-0.2, 0) is 23.9 Å². The molecule has 0 aromatic carbocycles. The highest BCUT2D eigenvalue weighted by Crippen LogP contribution is 2.77. The maximum Gasteiger partial charge on any atom is 0.335 e. The number of ether oxygens (including phenoxy) is 2. The fourth-order valence-corrected chi connectivity index (χ4v) is 12.8. The lowest BCUT2D eigenvalue weighted by Crippen LogP contribution is -2.66. The Kier molecular flexibility index (Phi) is 8.88. The maximum absolute atomic E-state index is 13.1. The van der Waals surface area contributed by atoms with Gasteiger partial charge in [0, 0.05) is 6.42 Å². The van der Waals surface area contributed by atoms with Crippen molar-refractivity contribution in [3.63, 3.8) is 0 Å². The second-order valence-corrected chi connectivity index (χ2v) is 18.4. The minimum absolute atomic E-state index is 0.0338. The van der Waals surface area contributed by atoms with Crippen molar-refractivity contribution >= 4 is 18.2 Å². The van der Waals surface area contributed by atoms with Crippen LogP contribution in [0.5, 0.6) is 0 Å². The summed E-state index contributed by atoms with van der Waals surface area (Å²) in [7, 11) is 0. The van der Waals surface area contributed by atoms with Gasteiger partial charge in [-0.2, -0.15) is 0 Å². The Bertz CT molecular complexity index is 1340. The summed E-state index contributed by atoms with van der Waals surface area (Å²) < 4.78 is 11.9. The molecule has 10 nitrogen and oxygen atoms in total. The van der Waals surface area contributed by atoms with Crippen molar-refractivity contribution in [1.29, 1.82) is 0 Å². The van der Waals surface area contributed by atoms with Gasteiger partial charge in [0.25, 0.3) is 0 Å². The average molecular weight is 675 g/mol. The summed E-state index contributed by atoms with van der Waals surface area (Å²) in [5.74, 6) is -1.61. The van der Waals surface area contributed by atoms with Crippen molar-refractivity contribution in [2.24, 2.45) is 50.2 Å². The summed E-state index contributed by atoms with van der Waals surface area (Å²) in [6.45, 7) is 13.7. The van der Waals surface area contributed by atoms with Gasteiger partial charge in [0.2, 0.25) is 0 Å². The molecular formula is C38H58O10. The molecule has 0 amide bonds. The van der Waals surface area contributed by atoms with Crippen LogP contribution < -0.4 is 0 Å². The SMILES string of the molecule is CC1(C)CCC2(C(=O)O)CCC3(CCC=O)C(=CCC4C5(C)CCC(OC6OC(C(=O)O)C(O)C(O)C6O)C(C)(C)C5CCC43C)C2C1. The Morgan fingerprint density at radius 1 is 0.896 bits per heavy atom. The molecule has 5 N–H and O–H groups in total. The predicted molar refractivity (Wildman–Crippen MR) is 175 cm³/mol. The quantitative estimate of drug-likeness (QED) is 0.139. The van der Waals surface area contributed by atoms with Gasteiger partial charge >= 0.3 is 11.9 Å². The fourth-order valence-electron chi connectivity index (χ4n) is 12.8. The zero-order chi connectivity index (χ0) is 35.2. The Balaban J connectivity index is 1.34. The molecule has 6 aliphatic rings. The molecule has 4 saturated carbocycles. The van der Waals surface area contributed by atoms with Gasteiger partial charge in [-0.3, -0.25) is 4.79 Å². The van der Waals surface area contributed by atoms with E-state index in [1.54, 1.807) is 0 Å². The number of carboxylic acids is 2. The number of aliphatic carboxylic acids is 2. The molecule has 48 heavy (non-hydrogen) atoms. The minimum atomic E-state index is -1.77. The van der Waals surface area contributed by atoms with E-state index >= 15 is 0 Å². The first-order valence-electron chi connectivity index (χ1n) is 18.3. The van der Waals surface area contributed by atoms with E-state index in [0.717, 1.165) is 57.7 Å². The minimum Gasteiger partial charge on any atom is -0.481 e. The molecule has 0 aromatic rings. The zero-order valence-corrected chi connectivity index (χ0v) is 29.6. The first kappa shape index (κ1) is 36.0. The van der Waals surface area contributed by atoms with Crippen molar-refractivity contribution in [2.75, 3.05) is 0 Å². The van der Waals surface area contributed by atoms with Gasteiger partial charge in [0.05, 0.1) is 11.5 Å². The molecule has 13 atom stereocenters. The van der Waals surface area contributed by atoms with Crippen LogP contribution in [0.15, 0.2) is 11.6 Å².